The maximum absolute atomic E-state index is 14.3. The highest BCUT2D eigenvalue weighted by Crippen LogP contribution is 2.37. The van der Waals surface area contributed by atoms with Crippen LogP contribution in [0.1, 0.15) is 72.2 Å². The largest absolute Gasteiger partial charge is 0.457 e. The van der Waals surface area contributed by atoms with Crippen LogP contribution in [-0.2, 0) is 32.0 Å². The Morgan fingerprint density at radius 1 is 0.671 bits per heavy atom. The number of piperidine rings is 1. The fraction of sp³-hybridized carbons (Fsp3) is 0.323. The molecule has 2 aliphatic heterocycles. The quantitative estimate of drug-likeness (QED) is 0.0563. The Balaban J connectivity index is 0.857. The molecular formula is C62H64N14O6. The second-order valence-corrected chi connectivity index (χ2v) is 21.3. The molecule has 2 aliphatic rings. The van der Waals surface area contributed by atoms with Gasteiger partial charge in [-0.05, 0) is 145 Å². The number of aromatic nitrogens is 8. The predicted octanol–water partition coefficient (Wildman–Crippen LogP) is 9.96. The van der Waals surface area contributed by atoms with Crippen molar-refractivity contribution >= 4 is 45.5 Å². The standard InChI is InChI=1S/C62H64N14O6/c1-6-79-61(2,3)34-43(36-64)60(78)74-31-14-15-44(74)38-75-58-52(53(71-75)40-21-25-48(26-22-40)81-46-17-9-7-10-18-46)56(66)69-50(70-58)29-32-80-62(4,5)33-42(35-63)59(77)73-30-13-16-45(37-73)76-57-51(55(65)67-39-68-57)54(72-76)41-23-27-49(28-24-41)82-47-19-11-8-12-20-47/h7-12,17-28,33-34,39,44-45H,6,13-16,29-32,37-38H2,1-5H3,(H2,65,67,68)(H2,66,69,70). The van der Waals surface area contributed by atoms with E-state index in [0.29, 0.717) is 95.5 Å². The van der Waals surface area contributed by atoms with Crippen molar-refractivity contribution in [1.82, 2.24) is 49.3 Å². The summed E-state index contributed by atoms with van der Waals surface area (Å²) in [6, 6.07) is 37.7. The van der Waals surface area contributed by atoms with Gasteiger partial charge in [-0.3, -0.25) is 9.59 Å². The number of para-hydroxylation sites is 2. The number of hydrogen-bond donors (Lipinski definition) is 2. The van der Waals surface area contributed by atoms with Crippen LogP contribution in [0.15, 0.2) is 139 Å². The summed E-state index contributed by atoms with van der Waals surface area (Å²) in [5, 5.41) is 31.9. The van der Waals surface area contributed by atoms with E-state index in [1.54, 1.807) is 40.5 Å². The van der Waals surface area contributed by atoms with Gasteiger partial charge in [-0.2, -0.15) is 20.7 Å². The third-order valence-corrected chi connectivity index (χ3v) is 14.5. The molecule has 2 atom stereocenters. The minimum Gasteiger partial charge on any atom is -0.457 e. The number of ether oxygens (including phenoxy) is 4. The third kappa shape index (κ3) is 12.4. The highest BCUT2D eigenvalue weighted by Gasteiger charge is 2.35. The minimum atomic E-state index is -1.08. The SMILES string of the molecule is CCOC(C)(C)C=C(C#N)C(=O)N1CCCC1Cn1nc(-c2ccc(Oc3ccccc3)cc2)c2c(N)nc(CCOC(C)(C)C=C(C#N)C(=O)N3CCCC(n4nc(-c5ccc(Oc6ccccc6)cc5)c5c(N)ncnc54)C3)nc21. The molecule has 0 aliphatic carbocycles. The van der Waals surface area contributed by atoms with Crippen LogP contribution in [0.4, 0.5) is 11.6 Å². The monoisotopic (exact) mass is 1100 g/mol. The maximum Gasteiger partial charge on any atom is 0.264 e. The van der Waals surface area contributed by atoms with Crippen molar-refractivity contribution in [3.05, 3.63) is 145 Å². The van der Waals surface area contributed by atoms with Crippen molar-refractivity contribution in [2.75, 3.05) is 44.3 Å². The zero-order valence-corrected chi connectivity index (χ0v) is 46.5. The van der Waals surface area contributed by atoms with E-state index in [0.717, 1.165) is 23.3 Å². The van der Waals surface area contributed by atoms with Gasteiger partial charge < -0.3 is 40.2 Å². The zero-order valence-electron chi connectivity index (χ0n) is 46.5. The number of nitriles is 2. The predicted molar refractivity (Wildman–Crippen MR) is 310 cm³/mol. The molecule has 10 rings (SSSR count). The highest BCUT2D eigenvalue weighted by molar-refractivity contribution is 6.00. The van der Waals surface area contributed by atoms with Crippen molar-refractivity contribution in [2.45, 2.75) is 96.6 Å². The summed E-state index contributed by atoms with van der Waals surface area (Å²) in [6.07, 6.45) is 7.53. The Labute approximate surface area is 475 Å². The molecule has 4 aromatic carbocycles. The Kier molecular flexibility index (Phi) is 16.4. The number of benzene rings is 4. The Bertz CT molecular complexity index is 3770. The molecule has 20 nitrogen and oxygen atoms in total. The number of nitrogen functional groups attached to an aromatic ring is 2. The normalized spacial score (nSPS) is 16.1. The van der Waals surface area contributed by atoms with Gasteiger partial charge in [-0.1, -0.05) is 36.4 Å². The molecule has 0 radical (unpaired) electrons. The first-order chi connectivity index (χ1) is 39.6. The summed E-state index contributed by atoms with van der Waals surface area (Å²) in [5.41, 5.74) is 15.1. The number of nitrogens with zero attached hydrogens (tertiary/aromatic N) is 12. The summed E-state index contributed by atoms with van der Waals surface area (Å²) in [4.78, 5) is 50.4. The molecular weight excluding hydrogens is 1040 g/mol. The van der Waals surface area contributed by atoms with Crippen LogP contribution < -0.4 is 20.9 Å². The van der Waals surface area contributed by atoms with Gasteiger partial charge in [0.2, 0.25) is 0 Å². The van der Waals surface area contributed by atoms with Gasteiger partial charge in [0, 0.05) is 43.8 Å². The first-order valence-corrected chi connectivity index (χ1v) is 27.4. The van der Waals surface area contributed by atoms with Gasteiger partial charge in [0.05, 0.1) is 47.2 Å². The smallest absolute Gasteiger partial charge is 0.264 e. The Morgan fingerprint density at radius 2 is 1.23 bits per heavy atom. The zero-order chi connectivity index (χ0) is 57.5. The average molecular weight is 1100 g/mol. The molecule has 2 saturated heterocycles. The molecule has 0 spiro atoms. The molecule has 2 amide bonds. The second kappa shape index (κ2) is 24.1. The van der Waals surface area contributed by atoms with E-state index in [-0.39, 0.29) is 66.9 Å². The number of nitrogens with two attached hydrogens (primary N) is 2. The van der Waals surface area contributed by atoms with E-state index in [4.69, 9.17) is 50.6 Å². The number of rotatable bonds is 19. The minimum absolute atomic E-state index is 0.0113. The number of carbonyl (C=O) groups excluding carboxylic acids is 2. The van der Waals surface area contributed by atoms with Crippen molar-refractivity contribution < 1.29 is 28.5 Å². The van der Waals surface area contributed by atoms with E-state index in [1.165, 1.54) is 6.33 Å². The number of likely N-dealkylation sites (tertiary alicyclic amines) is 2. The lowest BCUT2D eigenvalue weighted by molar-refractivity contribution is -0.129. The molecule has 0 bridgehead atoms. The maximum atomic E-state index is 14.3. The molecule has 8 aromatic rings. The summed E-state index contributed by atoms with van der Waals surface area (Å²) < 4.78 is 27.9. The summed E-state index contributed by atoms with van der Waals surface area (Å²) in [7, 11) is 0. The number of anilines is 2. The molecule has 2 unspecified atom stereocenters. The summed E-state index contributed by atoms with van der Waals surface area (Å²) in [5.74, 6) is 2.77. The topological polar surface area (TPSA) is 264 Å². The summed E-state index contributed by atoms with van der Waals surface area (Å²) in [6.45, 7) is 11.0. The lowest BCUT2D eigenvalue weighted by Crippen LogP contribution is -2.42. The van der Waals surface area contributed by atoms with Gasteiger partial charge in [0.25, 0.3) is 11.8 Å². The molecule has 2 fully saturated rings. The van der Waals surface area contributed by atoms with E-state index >= 15 is 0 Å². The van der Waals surface area contributed by atoms with Crippen LogP contribution in [0.3, 0.4) is 0 Å². The molecule has 20 heteroatoms. The van der Waals surface area contributed by atoms with Gasteiger partial charge >= 0.3 is 0 Å². The molecule has 4 aromatic heterocycles. The van der Waals surface area contributed by atoms with Crippen LogP contribution in [0, 0.1) is 22.7 Å². The van der Waals surface area contributed by atoms with Crippen molar-refractivity contribution in [3.8, 4) is 57.7 Å². The van der Waals surface area contributed by atoms with Crippen LogP contribution >= 0.6 is 0 Å². The number of amides is 2. The van der Waals surface area contributed by atoms with E-state index < -0.39 is 17.1 Å². The lowest BCUT2D eigenvalue weighted by Gasteiger charge is -2.33. The van der Waals surface area contributed by atoms with Crippen molar-refractivity contribution in [1.29, 1.82) is 10.5 Å². The molecule has 6 heterocycles. The number of fused-ring (bicyclic) bond motifs is 2. The summed E-state index contributed by atoms with van der Waals surface area (Å²) >= 11 is 0. The second-order valence-electron chi connectivity index (χ2n) is 21.3. The van der Waals surface area contributed by atoms with Crippen LogP contribution in [-0.4, -0.2) is 111 Å². The van der Waals surface area contributed by atoms with E-state index in [9.17, 15) is 20.1 Å². The average Bonchev–Trinajstić information content (AvgIpc) is 4.29. The van der Waals surface area contributed by atoms with Crippen LogP contribution in [0.5, 0.6) is 23.0 Å². The molecule has 82 heavy (non-hydrogen) atoms. The van der Waals surface area contributed by atoms with Gasteiger partial charge in [-0.15, -0.1) is 0 Å². The first-order valence-electron chi connectivity index (χ1n) is 27.4. The van der Waals surface area contributed by atoms with Gasteiger partial charge in [0.1, 0.15) is 81.5 Å². The Hall–Kier alpha value is -9.50. The highest BCUT2D eigenvalue weighted by atomic mass is 16.5. The molecule has 0 saturated carbocycles. The molecule has 418 valence electrons. The third-order valence-electron chi connectivity index (χ3n) is 14.5. The van der Waals surface area contributed by atoms with Crippen molar-refractivity contribution in [2.24, 2.45) is 0 Å². The Morgan fingerprint density at radius 3 is 1.84 bits per heavy atom. The van der Waals surface area contributed by atoms with E-state index in [2.05, 4.69) is 22.1 Å². The fourth-order valence-electron chi connectivity index (χ4n) is 10.6. The fourth-order valence-corrected chi connectivity index (χ4v) is 10.6. The van der Waals surface area contributed by atoms with Crippen LogP contribution in [0.2, 0.25) is 0 Å². The van der Waals surface area contributed by atoms with E-state index in [1.807, 2.05) is 135 Å². The first kappa shape index (κ1) is 55.8. The molecule has 4 N–H and O–H groups in total. The van der Waals surface area contributed by atoms with Crippen molar-refractivity contribution in [3.63, 3.8) is 0 Å². The van der Waals surface area contributed by atoms with Gasteiger partial charge in [0.15, 0.2) is 11.3 Å². The van der Waals surface area contributed by atoms with Crippen LogP contribution in [0.25, 0.3) is 44.6 Å². The lowest BCUT2D eigenvalue weighted by atomic mass is 10.0. The van der Waals surface area contributed by atoms with Gasteiger partial charge in [-0.25, -0.2) is 29.3 Å². The number of carbonyl (C=O) groups is 2. The number of hydrogen-bond acceptors (Lipinski definition) is 16.